The molecule has 0 aliphatic heterocycles. The maximum absolute atomic E-state index is 10.4. The van der Waals surface area contributed by atoms with Crippen LogP contribution in [0.1, 0.15) is 46.5 Å². The highest BCUT2D eigenvalue weighted by atomic mass is 28.3. The van der Waals surface area contributed by atoms with E-state index in [0.717, 1.165) is 6.42 Å². The van der Waals surface area contributed by atoms with Gasteiger partial charge in [0.1, 0.15) is 0 Å². The number of rotatable bonds is 10. The molecule has 0 rings (SSSR count). The number of hydrogen-bond donors (Lipinski definition) is 2. The monoisotopic (exact) mass is 259 g/mol. The van der Waals surface area contributed by atoms with Crippen molar-refractivity contribution < 1.29 is 9.90 Å². The lowest BCUT2D eigenvalue weighted by molar-refractivity contribution is 0.194. The number of amides is 1. The lowest BCUT2D eigenvalue weighted by Gasteiger charge is -2.31. The van der Waals surface area contributed by atoms with Gasteiger partial charge in [0.05, 0.1) is 8.07 Å². The molecular weight excluding hydrogens is 230 g/mol. The van der Waals surface area contributed by atoms with Crippen LogP contribution in [0.15, 0.2) is 0 Å². The molecule has 0 aromatic carbocycles. The molecule has 0 fully saturated rings. The molecule has 0 atom stereocenters. The molecule has 17 heavy (non-hydrogen) atoms. The third kappa shape index (κ3) is 7.42. The minimum Gasteiger partial charge on any atom is -0.465 e. The highest BCUT2D eigenvalue weighted by Crippen LogP contribution is 2.31. The van der Waals surface area contributed by atoms with Crippen LogP contribution in [0.3, 0.4) is 0 Å². The van der Waals surface area contributed by atoms with Gasteiger partial charge in [0.15, 0.2) is 0 Å². The van der Waals surface area contributed by atoms with Crippen molar-refractivity contribution in [2.24, 2.45) is 0 Å². The summed E-state index contributed by atoms with van der Waals surface area (Å²) in [6.07, 6.45) is 4.01. The van der Waals surface area contributed by atoms with Gasteiger partial charge in [-0.3, -0.25) is 0 Å². The number of nitrogens with one attached hydrogen (secondary N) is 1. The Morgan fingerprint density at radius 1 is 1.00 bits per heavy atom. The minimum atomic E-state index is -1.10. The molecule has 0 radical (unpaired) electrons. The molecule has 0 saturated carbocycles. The van der Waals surface area contributed by atoms with E-state index in [-0.39, 0.29) is 0 Å². The van der Waals surface area contributed by atoms with Gasteiger partial charge in [-0.05, 0) is 6.42 Å². The molecule has 0 saturated heterocycles. The second kappa shape index (κ2) is 9.51. The van der Waals surface area contributed by atoms with Gasteiger partial charge in [-0.15, -0.1) is 0 Å². The second-order valence-corrected chi connectivity index (χ2v) is 10.1. The fourth-order valence-electron chi connectivity index (χ4n) is 3.00. The van der Waals surface area contributed by atoms with Crippen molar-refractivity contribution in [1.82, 2.24) is 5.32 Å². The fraction of sp³-hybridized carbons (Fsp3) is 0.923. The fourth-order valence-corrected chi connectivity index (χ4v) is 8.61. The number of hydrogen-bond acceptors (Lipinski definition) is 1. The summed E-state index contributed by atoms with van der Waals surface area (Å²) in [5.74, 6) is 0. The lowest BCUT2D eigenvalue weighted by Crippen LogP contribution is -2.34. The topological polar surface area (TPSA) is 49.3 Å². The predicted octanol–water partition coefficient (Wildman–Crippen LogP) is 4.32. The van der Waals surface area contributed by atoms with E-state index >= 15 is 0 Å². The zero-order valence-corrected chi connectivity index (χ0v) is 12.7. The van der Waals surface area contributed by atoms with Crippen LogP contribution in [0.2, 0.25) is 24.2 Å². The molecule has 1 amide bonds. The third-order valence-corrected chi connectivity index (χ3v) is 9.60. The van der Waals surface area contributed by atoms with Gasteiger partial charge in [-0.1, -0.05) is 64.2 Å². The van der Waals surface area contributed by atoms with Gasteiger partial charge in [-0.2, -0.15) is 0 Å². The van der Waals surface area contributed by atoms with Crippen molar-refractivity contribution in [3.63, 3.8) is 0 Å². The average Bonchev–Trinajstić information content (AvgIpc) is 2.25. The molecule has 0 spiro atoms. The van der Waals surface area contributed by atoms with Crippen molar-refractivity contribution in [2.75, 3.05) is 6.54 Å². The first-order valence-electron chi connectivity index (χ1n) is 7.07. The molecule has 0 aliphatic rings. The Morgan fingerprint density at radius 3 is 1.82 bits per heavy atom. The molecule has 0 aromatic heterocycles. The molecule has 3 nitrogen and oxygen atoms in total. The van der Waals surface area contributed by atoms with Gasteiger partial charge in [0.25, 0.3) is 0 Å². The maximum atomic E-state index is 10.4. The minimum absolute atomic E-state index is 0.626. The Morgan fingerprint density at radius 2 is 1.47 bits per heavy atom. The summed E-state index contributed by atoms with van der Waals surface area (Å²) in [4.78, 5) is 10.4. The average molecular weight is 259 g/mol. The molecule has 2 N–H and O–H groups in total. The van der Waals surface area contributed by atoms with Gasteiger partial charge >= 0.3 is 6.09 Å². The van der Waals surface area contributed by atoms with Crippen LogP contribution in [0.25, 0.3) is 0 Å². The second-order valence-electron chi connectivity index (χ2n) is 5.09. The first kappa shape index (κ1) is 16.5. The van der Waals surface area contributed by atoms with Crippen molar-refractivity contribution in [3.05, 3.63) is 0 Å². The van der Waals surface area contributed by atoms with E-state index in [9.17, 15) is 4.79 Å². The molecule has 0 bridgehead atoms. The molecular formula is C13H29NO2Si. The van der Waals surface area contributed by atoms with Crippen LogP contribution in [0, 0.1) is 0 Å². The van der Waals surface area contributed by atoms with Crippen LogP contribution < -0.4 is 5.32 Å². The highest BCUT2D eigenvalue weighted by Gasteiger charge is 2.29. The van der Waals surface area contributed by atoms with E-state index < -0.39 is 14.2 Å². The van der Waals surface area contributed by atoms with E-state index in [4.69, 9.17) is 5.11 Å². The zero-order valence-electron chi connectivity index (χ0n) is 11.7. The molecule has 4 heteroatoms. The first-order chi connectivity index (χ1) is 8.10. The number of carbonyl (C=O) groups is 1. The van der Waals surface area contributed by atoms with Crippen molar-refractivity contribution in [2.45, 2.75) is 70.6 Å². The summed E-state index contributed by atoms with van der Waals surface area (Å²) in [6.45, 7) is 7.47. The Balaban J connectivity index is 4.18. The van der Waals surface area contributed by atoms with Crippen LogP contribution in [-0.2, 0) is 0 Å². The Kier molecular flexibility index (Phi) is 9.22. The van der Waals surface area contributed by atoms with Crippen LogP contribution in [-0.4, -0.2) is 25.8 Å². The van der Waals surface area contributed by atoms with Crippen molar-refractivity contribution in [3.8, 4) is 0 Å². The molecule has 0 aromatic rings. The van der Waals surface area contributed by atoms with E-state index in [1.54, 1.807) is 0 Å². The molecule has 0 unspecified atom stereocenters. The summed E-state index contributed by atoms with van der Waals surface area (Å²) in [6, 6.07) is 5.55. The zero-order chi connectivity index (χ0) is 13.1. The summed E-state index contributed by atoms with van der Waals surface area (Å²) in [5, 5.41) is 11.0. The SMILES string of the molecule is CCC[Si](CCC)(CCC)CCCNC(=O)O. The van der Waals surface area contributed by atoms with Crippen LogP contribution in [0.4, 0.5) is 4.79 Å². The Bertz CT molecular complexity index is 193. The summed E-state index contributed by atoms with van der Waals surface area (Å²) in [5.41, 5.74) is 0. The van der Waals surface area contributed by atoms with E-state index in [0.29, 0.717) is 6.54 Å². The molecule has 102 valence electrons. The first-order valence-corrected chi connectivity index (χ1v) is 9.90. The van der Waals surface area contributed by atoms with E-state index in [1.165, 1.54) is 43.4 Å². The normalized spacial score (nSPS) is 11.5. The summed E-state index contributed by atoms with van der Waals surface area (Å²) < 4.78 is 0. The Labute approximate surface area is 107 Å². The predicted molar refractivity (Wildman–Crippen MR) is 76.5 cm³/mol. The van der Waals surface area contributed by atoms with E-state index in [2.05, 4.69) is 26.1 Å². The highest BCUT2D eigenvalue weighted by molar-refractivity contribution is 6.79. The maximum Gasteiger partial charge on any atom is 0.404 e. The summed E-state index contributed by atoms with van der Waals surface area (Å²) in [7, 11) is -1.10. The summed E-state index contributed by atoms with van der Waals surface area (Å²) >= 11 is 0. The lowest BCUT2D eigenvalue weighted by atomic mass is 10.5. The molecule has 0 aliphatic carbocycles. The quantitative estimate of drug-likeness (QED) is 0.453. The largest absolute Gasteiger partial charge is 0.465 e. The van der Waals surface area contributed by atoms with Crippen LogP contribution in [0.5, 0.6) is 0 Å². The van der Waals surface area contributed by atoms with Gasteiger partial charge in [-0.25, -0.2) is 4.79 Å². The van der Waals surface area contributed by atoms with Gasteiger partial charge in [0.2, 0.25) is 0 Å². The smallest absolute Gasteiger partial charge is 0.404 e. The van der Waals surface area contributed by atoms with Crippen molar-refractivity contribution >= 4 is 14.2 Å². The number of carboxylic acid groups (broad SMARTS) is 1. The van der Waals surface area contributed by atoms with Crippen LogP contribution >= 0.6 is 0 Å². The standard InChI is InChI=1S/C13H29NO2Si/c1-4-9-17(10-5-2,11-6-3)12-7-8-14-13(15)16/h14H,4-12H2,1-3H3,(H,15,16). The van der Waals surface area contributed by atoms with Crippen molar-refractivity contribution in [1.29, 1.82) is 0 Å². The van der Waals surface area contributed by atoms with E-state index in [1.807, 2.05) is 0 Å². The Hall–Kier alpha value is -0.513. The third-order valence-electron chi connectivity index (χ3n) is 3.50. The van der Waals surface area contributed by atoms with Gasteiger partial charge in [0, 0.05) is 6.54 Å². The van der Waals surface area contributed by atoms with Gasteiger partial charge < -0.3 is 10.4 Å². The molecule has 0 heterocycles.